The van der Waals surface area contributed by atoms with E-state index in [0.29, 0.717) is 0 Å². The minimum absolute atomic E-state index is 0.161. The number of halogens is 1. The molecule has 5 heteroatoms. The van der Waals surface area contributed by atoms with Crippen molar-refractivity contribution in [2.75, 3.05) is 7.11 Å². The number of methoxy groups -OCH3 is 1. The molecule has 0 aliphatic rings. The van der Waals surface area contributed by atoms with E-state index in [4.69, 9.17) is 10.6 Å². The number of nitrogens with two attached hydrogens (primary N) is 1. The fourth-order valence-electron chi connectivity index (χ4n) is 1.92. The number of aryl methyl sites for hydroxylation is 1. The third-order valence-corrected chi connectivity index (χ3v) is 3.75. The summed E-state index contributed by atoms with van der Waals surface area (Å²) in [6, 6.07) is 6.61. The van der Waals surface area contributed by atoms with Crippen molar-refractivity contribution in [3.05, 3.63) is 51.5 Å². The first-order chi connectivity index (χ1) is 8.67. The Bertz CT molecular complexity index is 542. The van der Waals surface area contributed by atoms with Crippen molar-refractivity contribution in [2.45, 2.75) is 13.0 Å². The van der Waals surface area contributed by atoms with Gasteiger partial charge in [0.2, 0.25) is 0 Å². The Kier molecular flexibility index (Phi) is 3.96. The Hall–Kier alpha value is -1.43. The van der Waals surface area contributed by atoms with E-state index in [-0.39, 0.29) is 17.6 Å². The first kappa shape index (κ1) is 13.0. The zero-order chi connectivity index (χ0) is 13.1. The van der Waals surface area contributed by atoms with Gasteiger partial charge in [0.05, 0.1) is 13.2 Å². The molecule has 0 aliphatic heterocycles. The van der Waals surface area contributed by atoms with Crippen LogP contribution in [-0.4, -0.2) is 7.11 Å². The molecule has 96 valence electrons. The van der Waals surface area contributed by atoms with Crippen molar-refractivity contribution in [1.29, 1.82) is 0 Å². The number of ether oxygens (including phenoxy) is 1. The Labute approximate surface area is 109 Å². The van der Waals surface area contributed by atoms with Gasteiger partial charge in [0.25, 0.3) is 0 Å². The highest BCUT2D eigenvalue weighted by Crippen LogP contribution is 2.30. The molecule has 3 nitrogen and oxygen atoms in total. The molecule has 0 aliphatic carbocycles. The summed E-state index contributed by atoms with van der Waals surface area (Å²) in [5, 5.41) is 2.01. The molecule has 18 heavy (non-hydrogen) atoms. The van der Waals surface area contributed by atoms with Crippen LogP contribution < -0.4 is 16.0 Å². The summed E-state index contributed by atoms with van der Waals surface area (Å²) < 4.78 is 18.4. The van der Waals surface area contributed by atoms with Crippen LogP contribution in [0.1, 0.15) is 22.0 Å². The highest BCUT2D eigenvalue weighted by Gasteiger charge is 2.17. The number of hydrogen-bond acceptors (Lipinski definition) is 4. The van der Waals surface area contributed by atoms with Crippen molar-refractivity contribution < 1.29 is 9.13 Å². The van der Waals surface area contributed by atoms with Gasteiger partial charge in [-0.2, -0.15) is 0 Å². The maximum absolute atomic E-state index is 13.4. The Morgan fingerprint density at radius 1 is 1.39 bits per heavy atom. The topological polar surface area (TPSA) is 47.3 Å². The van der Waals surface area contributed by atoms with Crippen LogP contribution in [0.4, 0.5) is 4.39 Å². The SMILES string of the molecule is COc1cc(C(NN)c2ccsc2C)ccc1F. The molecule has 3 N–H and O–H groups in total. The highest BCUT2D eigenvalue weighted by molar-refractivity contribution is 7.10. The first-order valence-electron chi connectivity index (χ1n) is 5.51. The van der Waals surface area contributed by atoms with Crippen LogP contribution in [0, 0.1) is 12.7 Å². The lowest BCUT2D eigenvalue weighted by molar-refractivity contribution is 0.385. The van der Waals surface area contributed by atoms with Gasteiger partial charge in [-0.05, 0) is 41.6 Å². The Morgan fingerprint density at radius 2 is 2.17 bits per heavy atom. The lowest BCUT2D eigenvalue weighted by Crippen LogP contribution is -2.29. The summed E-state index contributed by atoms with van der Waals surface area (Å²) in [5.41, 5.74) is 4.73. The number of thiophene rings is 1. The molecule has 2 rings (SSSR count). The van der Waals surface area contributed by atoms with Gasteiger partial charge in [0, 0.05) is 4.88 Å². The summed E-state index contributed by atoms with van der Waals surface area (Å²) in [4.78, 5) is 1.18. The molecule has 0 saturated carbocycles. The van der Waals surface area contributed by atoms with Gasteiger partial charge in [-0.15, -0.1) is 11.3 Å². The third kappa shape index (κ3) is 2.38. The zero-order valence-corrected chi connectivity index (χ0v) is 11.1. The maximum atomic E-state index is 13.4. The van der Waals surface area contributed by atoms with E-state index in [0.717, 1.165) is 11.1 Å². The van der Waals surface area contributed by atoms with E-state index < -0.39 is 0 Å². The van der Waals surface area contributed by atoms with Crippen molar-refractivity contribution in [3.63, 3.8) is 0 Å². The number of hydrazine groups is 1. The summed E-state index contributed by atoms with van der Waals surface area (Å²) in [5.74, 6) is 5.46. The largest absolute Gasteiger partial charge is 0.494 e. The number of nitrogens with one attached hydrogen (secondary N) is 1. The molecule has 1 atom stereocenters. The monoisotopic (exact) mass is 266 g/mol. The van der Waals surface area contributed by atoms with Crippen LogP contribution >= 0.6 is 11.3 Å². The zero-order valence-electron chi connectivity index (χ0n) is 10.2. The predicted octanol–water partition coefficient (Wildman–Crippen LogP) is 2.76. The molecule has 1 aromatic heterocycles. The summed E-state index contributed by atoms with van der Waals surface area (Å²) >= 11 is 1.65. The quantitative estimate of drug-likeness (QED) is 0.661. The lowest BCUT2D eigenvalue weighted by atomic mass is 10.00. The molecule has 0 spiro atoms. The fourth-order valence-corrected chi connectivity index (χ4v) is 2.66. The second-order valence-corrected chi connectivity index (χ2v) is 5.05. The summed E-state index contributed by atoms with van der Waals surface area (Å²) in [6.45, 7) is 2.03. The van der Waals surface area contributed by atoms with Crippen LogP contribution in [0.5, 0.6) is 5.75 Å². The van der Waals surface area contributed by atoms with Gasteiger partial charge in [0.15, 0.2) is 11.6 Å². The first-order valence-corrected chi connectivity index (χ1v) is 6.39. The minimum Gasteiger partial charge on any atom is -0.494 e. The van der Waals surface area contributed by atoms with Crippen LogP contribution in [0.15, 0.2) is 29.6 Å². The Balaban J connectivity index is 2.42. The van der Waals surface area contributed by atoms with Crippen molar-refractivity contribution in [2.24, 2.45) is 5.84 Å². The van der Waals surface area contributed by atoms with Crippen LogP contribution in [0.25, 0.3) is 0 Å². The molecule has 1 heterocycles. The van der Waals surface area contributed by atoms with Crippen LogP contribution in [0.2, 0.25) is 0 Å². The van der Waals surface area contributed by atoms with E-state index in [1.807, 2.05) is 18.4 Å². The average Bonchev–Trinajstić information content (AvgIpc) is 2.79. The van der Waals surface area contributed by atoms with Crippen LogP contribution in [-0.2, 0) is 0 Å². The molecule has 0 bridgehead atoms. The number of rotatable bonds is 4. The smallest absolute Gasteiger partial charge is 0.165 e. The molecule has 0 radical (unpaired) electrons. The number of benzene rings is 1. The second-order valence-electron chi connectivity index (χ2n) is 3.93. The van der Waals surface area contributed by atoms with E-state index in [2.05, 4.69) is 5.43 Å². The number of hydrogen-bond donors (Lipinski definition) is 2. The van der Waals surface area contributed by atoms with Crippen molar-refractivity contribution in [1.82, 2.24) is 5.43 Å². The fraction of sp³-hybridized carbons (Fsp3) is 0.231. The van der Waals surface area contributed by atoms with Gasteiger partial charge in [-0.3, -0.25) is 5.84 Å². The van der Waals surface area contributed by atoms with E-state index in [9.17, 15) is 4.39 Å². The molecule has 0 fully saturated rings. The maximum Gasteiger partial charge on any atom is 0.165 e. The molecule has 0 saturated heterocycles. The second kappa shape index (κ2) is 5.48. The van der Waals surface area contributed by atoms with Gasteiger partial charge in [-0.25, -0.2) is 9.82 Å². The molecular weight excluding hydrogens is 251 g/mol. The highest BCUT2D eigenvalue weighted by atomic mass is 32.1. The summed E-state index contributed by atoms with van der Waals surface area (Å²) in [6.07, 6.45) is 0. The molecule has 0 amide bonds. The Morgan fingerprint density at radius 3 is 2.72 bits per heavy atom. The molecule has 1 aromatic carbocycles. The van der Waals surface area contributed by atoms with Gasteiger partial charge >= 0.3 is 0 Å². The van der Waals surface area contributed by atoms with E-state index in [1.54, 1.807) is 23.5 Å². The van der Waals surface area contributed by atoms with E-state index >= 15 is 0 Å². The standard InChI is InChI=1S/C13H15FN2OS/c1-8-10(5-6-18-8)13(16-15)9-3-4-11(14)12(7-9)17-2/h3-7,13,16H,15H2,1-2H3. The molecule has 1 unspecified atom stereocenters. The van der Waals surface area contributed by atoms with Gasteiger partial charge < -0.3 is 4.74 Å². The summed E-state index contributed by atoms with van der Waals surface area (Å²) in [7, 11) is 1.45. The average molecular weight is 266 g/mol. The minimum atomic E-state index is -0.376. The van der Waals surface area contributed by atoms with Crippen LogP contribution in [0.3, 0.4) is 0 Å². The van der Waals surface area contributed by atoms with Gasteiger partial charge in [0.1, 0.15) is 0 Å². The predicted molar refractivity (Wildman–Crippen MR) is 71.2 cm³/mol. The van der Waals surface area contributed by atoms with E-state index in [1.165, 1.54) is 18.1 Å². The van der Waals surface area contributed by atoms with Crippen molar-refractivity contribution >= 4 is 11.3 Å². The normalized spacial score (nSPS) is 12.4. The molecular formula is C13H15FN2OS. The molecule has 2 aromatic rings. The third-order valence-electron chi connectivity index (χ3n) is 2.89. The van der Waals surface area contributed by atoms with Crippen molar-refractivity contribution in [3.8, 4) is 5.75 Å². The van der Waals surface area contributed by atoms with Gasteiger partial charge in [-0.1, -0.05) is 6.07 Å². The lowest BCUT2D eigenvalue weighted by Gasteiger charge is -2.17.